The first kappa shape index (κ1) is 15.6. The number of phenolic OH excluding ortho intramolecular Hbond substituents is 1. The van der Waals surface area contributed by atoms with Crippen LogP contribution >= 0.6 is 0 Å². The van der Waals surface area contributed by atoms with Crippen LogP contribution in [0.2, 0.25) is 0 Å². The van der Waals surface area contributed by atoms with Crippen LogP contribution < -0.4 is 9.47 Å². The van der Waals surface area contributed by atoms with E-state index in [4.69, 9.17) is 9.47 Å². The molecule has 0 aliphatic carbocycles. The van der Waals surface area contributed by atoms with Crippen molar-refractivity contribution in [3.63, 3.8) is 0 Å². The summed E-state index contributed by atoms with van der Waals surface area (Å²) in [4.78, 5) is 12.2. The topological polar surface area (TPSA) is 55.8 Å². The van der Waals surface area contributed by atoms with E-state index >= 15 is 0 Å². The second-order valence-electron chi connectivity index (χ2n) is 4.81. The van der Waals surface area contributed by atoms with Gasteiger partial charge in [0.15, 0.2) is 17.3 Å². The van der Waals surface area contributed by atoms with E-state index in [0.717, 1.165) is 16.9 Å². The van der Waals surface area contributed by atoms with Gasteiger partial charge in [-0.05, 0) is 54.5 Å². The zero-order valence-electron chi connectivity index (χ0n) is 12.8. The summed E-state index contributed by atoms with van der Waals surface area (Å²) in [6, 6.07) is 10.2. The molecule has 114 valence electrons. The fraction of sp³-hybridized carbons (Fsp3) is 0.167. The van der Waals surface area contributed by atoms with Crippen molar-refractivity contribution >= 4 is 11.9 Å². The highest BCUT2D eigenvalue weighted by atomic mass is 16.5. The Labute approximate surface area is 129 Å². The van der Waals surface area contributed by atoms with Gasteiger partial charge < -0.3 is 14.6 Å². The Morgan fingerprint density at radius 1 is 1.05 bits per heavy atom. The van der Waals surface area contributed by atoms with Crippen LogP contribution in [0.3, 0.4) is 0 Å². The fourth-order valence-corrected chi connectivity index (χ4v) is 2.10. The molecular formula is C18H18O4. The monoisotopic (exact) mass is 298 g/mol. The maximum Gasteiger partial charge on any atom is 0.185 e. The van der Waals surface area contributed by atoms with Crippen LogP contribution in [0.1, 0.15) is 21.5 Å². The van der Waals surface area contributed by atoms with Gasteiger partial charge in [-0.3, -0.25) is 4.79 Å². The number of ketones is 1. The lowest BCUT2D eigenvalue weighted by Crippen LogP contribution is -1.96. The minimum absolute atomic E-state index is 0.0664. The number of carbonyl (C=O) groups excluding carboxylic acids is 1. The number of benzene rings is 2. The Bertz CT molecular complexity index is 717. The Morgan fingerprint density at radius 3 is 2.41 bits per heavy atom. The molecule has 0 spiro atoms. The van der Waals surface area contributed by atoms with Crippen molar-refractivity contribution in [3.8, 4) is 17.2 Å². The lowest BCUT2D eigenvalue weighted by atomic mass is 10.1. The summed E-state index contributed by atoms with van der Waals surface area (Å²) in [5.41, 5.74) is 2.28. The number of carbonyl (C=O) groups is 1. The molecular weight excluding hydrogens is 280 g/mol. The molecule has 0 saturated heterocycles. The molecule has 4 nitrogen and oxygen atoms in total. The van der Waals surface area contributed by atoms with Crippen molar-refractivity contribution in [1.82, 2.24) is 0 Å². The van der Waals surface area contributed by atoms with Gasteiger partial charge in [0.1, 0.15) is 5.75 Å². The fourth-order valence-electron chi connectivity index (χ4n) is 2.10. The largest absolute Gasteiger partial charge is 0.504 e. The molecule has 0 fully saturated rings. The van der Waals surface area contributed by atoms with Crippen molar-refractivity contribution in [3.05, 3.63) is 59.2 Å². The molecule has 0 aliphatic heterocycles. The Balaban J connectivity index is 2.19. The molecule has 0 atom stereocenters. The Morgan fingerprint density at radius 2 is 1.77 bits per heavy atom. The van der Waals surface area contributed by atoms with Crippen LogP contribution in [0, 0.1) is 6.92 Å². The van der Waals surface area contributed by atoms with E-state index in [1.165, 1.54) is 19.3 Å². The Kier molecular flexibility index (Phi) is 4.84. The maximum absolute atomic E-state index is 12.2. The SMILES string of the molecule is COc1ccc(C(=O)/C=C/c2ccc(O)c(OC)c2)cc1C. The van der Waals surface area contributed by atoms with Gasteiger partial charge in [0.2, 0.25) is 0 Å². The van der Waals surface area contributed by atoms with Crippen LogP contribution in [-0.2, 0) is 0 Å². The summed E-state index contributed by atoms with van der Waals surface area (Å²) in [6.45, 7) is 1.89. The van der Waals surface area contributed by atoms with E-state index in [9.17, 15) is 9.90 Å². The van der Waals surface area contributed by atoms with E-state index in [1.54, 1.807) is 43.5 Å². The number of hydrogen-bond donors (Lipinski definition) is 1. The summed E-state index contributed by atoms with van der Waals surface area (Å²) < 4.78 is 10.2. The molecule has 22 heavy (non-hydrogen) atoms. The lowest BCUT2D eigenvalue weighted by molar-refractivity contribution is 0.104. The number of allylic oxidation sites excluding steroid dienone is 1. The van der Waals surface area contributed by atoms with Crippen LogP contribution in [-0.4, -0.2) is 25.1 Å². The third-order valence-electron chi connectivity index (χ3n) is 3.31. The first-order valence-corrected chi connectivity index (χ1v) is 6.79. The lowest BCUT2D eigenvalue weighted by Gasteiger charge is -2.05. The summed E-state index contributed by atoms with van der Waals surface area (Å²) in [5, 5.41) is 9.54. The van der Waals surface area contributed by atoms with E-state index in [0.29, 0.717) is 11.3 Å². The van der Waals surface area contributed by atoms with Gasteiger partial charge in [-0.2, -0.15) is 0 Å². The number of aromatic hydroxyl groups is 1. The van der Waals surface area contributed by atoms with E-state index in [1.807, 2.05) is 6.92 Å². The van der Waals surface area contributed by atoms with Gasteiger partial charge in [-0.15, -0.1) is 0 Å². The van der Waals surface area contributed by atoms with Crippen LogP contribution in [0.5, 0.6) is 17.2 Å². The number of rotatable bonds is 5. The highest BCUT2D eigenvalue weighted by Gasteiger charge is 2.06. The van der Waals surface area contributed by atoms with Gasteiger partial charge in [-0.25, -0.2) is 0 Å². The molecule has 0 unspecified atom stereocenters. The molecule has 2 aromatic rings. The highest BCUT2D eigenvalue weighted by Crippen LogP contribution is 2.27. The number of aryl methyl sites for hydroxylation is 1. The van der Waals surface area contributed by atoms with Gasteiger partial charge >= 0.3 is 0 Å². The van der Waals surface area contributed by atoms with Crippen LogP contribution in [0.15, 0.2) is 42.5 Å². The predicted octanol–water partition coefficient (Wildman–Crippen LogP) is 3.61. The summed E-state index contributed by atoms with van der Waals surface area (Å²) in [7, 11) is 3.08. The standard InChI is InChI=1S/C18H18O4/c1-12-10-14(6-9-17(12)21-2)15(19)7-4-13-5-8-16(20)18(11-13)22-3/h4-11,20H,1-3H3/b7-4+. The second-order valence-corrected chi connectivity index (χ2v) is 4.81. The van der Waals surface area contributed by atoms with E-state index in [-0.39, 0.29) is 11.5 Å². The van der Waals surface area contributed by atoms with Gasteiger partial charge in [0.05, 0.1) is 14.2 Å². The molecule has 1 N–H and O–H groups in total. The van der Waals surface area contributed by atoms with Crippen molar-refractivity contribution in [2.75, 3.05) is 14.2 Å². The number of hydrogen-bond acceptors (Lipinski definition) is 4. The average molecular weight is 298 g/mol. The summed E-state index contributed by atoms with van der Waals surface area (Å²) in [6.07, 6.45) is 3.18. The van der Waals surface area contributed by atoms with Crippen LogP contribution in [0.25, 0.3) is 6.08 Å². The third-order valence-corrected chi connectivity index (χ3v) is 3.31. The molecule has 0 radical (unpaired) electrons. The predicted molar refractivity (Wildman–Crippen MR) is 85.8 cm³/mol. The van der Waals surface area contributed by atoms with Crippen molar-refractivity contribution in [2.45, 2.75) is 6.92 Å². The average Bonchev–Trinajstić information content (AvgIpc) is 2.53. The smallest absolute Gasteiger partial charge is 0.185 e. The highest BCUT2D eigenvalue weighted by molar-refractivity contribution is 6.07. The molecule has 4 heteroatoms. The molecule has 2 aromatic carbocycles. The maximum atomic E-state index is 12.2. The molecule has 0 aliphatic rings. The zero-order chi connectivity index (χ0) is 16.1. The normalized spacial score (nSPS) is 10.7. The first-order valence-electron chi connectivity index (χ1n) is 6.79. The minimum Gasteiger partial charge on any atom is -0.504 e. The molecule has 0 aromatic heterocycles. The number of methoxy groups -OCH3 is 2. The van der Waals surface area contributed by atoms with Gasteiger partial charge in [-0.1, -0.05) is 12.1 Å². The van der Waals surface area contributed by atoms with Crippen molar-refractivity contribution in [1.29, 1.82) is 0 Å². The first-order chi connectivity index (χ1) is 10.5. The molecule has 0 bridgehead atoms. The van der Waals surface area contributed by atoms with E-state index in [2.05, 4.69) is 0 Å². The Hall–Kier alpha value is -2.75. The zero-order valence-corrected chi connectivity index (χ0v) is 12.8. The molecule has 0 saturated carbocycles. The molecule has 0 amide bonds. The third kappa shape index (κ3) is 3.47. The molecule has 2 rings (SSSR count). The number of ether oxygens (including phenoxy) is 2. The van der Waals surface area contributed by atoms with Crippen molar-refractivity contribution < 1.29 is 19.4 Å². The van der Waals surface area contributed by atoms with Crippen molar-refractivity contribution in [2.24, 2.45) is 0 Å². The number of phenols is 1. The van der Waals surface area contributed by atoms with Crippen LogP contribution in [0.4, 0.5) is 0 Å². The van der Waals surface area contributed by atoms with E-state index < -0.39 is 0 Å². The quantitative estimate of drug-likeness (QED) is 0.676. The second kappa shape index (κ2) is 6.80. The van der Waals surface area contributed by atoms with Gasteiger partial charge in [0, 0.05) is 5.56 Å². The van der Waals surface area contributed by atoms with Gasteiger partial charge in [0.25, 0.3) is 0 Å². The summed E-state index contributed by atoms with van der Waals surface area (Å²) >= 11 is 0. The molecule has 0 heterocycles. The minimum atomic E-state index is -0.0993. The summed E-state index contributed by atoms with van der Waals surface area (Å²) in [5.74, 6) is 1.09.